The van der Waals surface area contributed by atoms with E-state index in [1.807, 2.05) is 0 Å². The highest BCUT2D eigenvalue weighted by molar-refractivity contribution is 7.89. The lowest BCUT2D eigenvalue weighted by Crippen LogP contribution is -2.39. The van der Waals surface area contributed by atoms with Gasteiger partial charge in [-0.3, -0.25) is 4.79 Å². The van der Waals surface area contributed by atoms with Crippen molar-refractivity contribution in [2.45, 2.75) is 37.0 Å². The second-order valence-electron chi connectivity index (χ2n) is 6.70. The normalized spacial score (nSPS) is 15.0. The number of nitrogens with one attached hydrogen (secondary N) is 2. The number of nitrogens with zero attached hydrogens (tertiary/aromatic N) is 1. The van der Waals surface area contributed by atoms with Crippen molar-refractivity contribution in [2.24, 2.45) is 5.92 Å². The molecule has 152 valence electrons. The Balaban J connectivity index is 1.99. The second kappa shape index (κ2) is 10.5. The van der Waals surface area contributed by atoms with Gasteiger partial charge in [0.1, 0.15) is 0 Å². The van der Waals surface area contributed by atoms with Crippen LogP contribution in [0.4, 0.5) is 5.69 Å². The summed E-state index contributed by atoms with van der Waals surface area (Å²) in [6, 6.07) is 6.24. The third-order valence-corrected chi connectivity index (χ3v) is 6.68. The number of hydrogen-bond donors (Lipinski definition) is 2. The van der Waals surface area contributed by atoms with Crippen molar-refractivity contribution >= 4 is 38.9 Å². The number of anilines is 1. The summed E-state index contributed by atoms with van der Waals surface area (Å²) in [5, 5.41) is 5.87. The number of benzene rings is 1. The highest BCUT2D eigenvalue weighted by Crippen LogP contribution is 2.23. The van der Waals surface area contributed by atoms with Gasteiger partial charge in [0.25, 0.3) is 0 Å². The molecule has 2 N–H and O–H groups in total. The molecule has 0 aromatic heterocycles. The van der Waals surface area contributed by atoms with E-state index < -0.39 is 10.0 Å². The van der Waals surface area contributed by atoms with Gasteiger partial charge < -0.3 is 10.6 Å². The molecule has 1 saturated carbocycles. The molecule has 1 aliphatic rings. The van der Waals surface area contributed by atoms with Gasteiger partial charge in [0.2, 0.25) is 15.9 Å². The van der Waals surface area contributed by atoms with E-state index in [4.69, 9.17) is 12.2 Å². The van der Waals surface area contributed by atoms with E-state index in [0.29, 0.717) is 5.69 Å². The number of rotatable bonds is 8. The molecule has 0 heterocycles. The van der Waals surface area contributed by atoms with Crippen LogP contribution in [0.25, 0.3) is 0 Å². The number of carbonyl (C=O) groups excluding carboxylic acids is 1. The lowest BCUT2D eigenvalue weighted by Gasteiger charge is -2.21. The molecule has 2 rings (SSSR count). The van der Waals surface area contributed by atoms with Crippen LogP contribution in [0.1, 0.15) is 32.1 Å². The zero-order valence-corrected chi connectivity index (χ0v) is 17.5. The lowest BCUT2D eigenvalue weighted by atomic mass is 9.89. The molecule has 0 aliphatic heterocycles. The van der Waals surface area contributed by atoms with E-state index in [1.54, 1.807) is 12.1 Å². The number of hydrogen-bond acceptors (Lipinski definition) is 4. The zero-order valence-electron chi connectivity index (χ0n) is 15.9. The van der Waals surface area contributed by atoms with Gasteiger partial charge in [-0.1, -0.05) is 31.4 Å². The Kier molecular flexibility index (Phi) is 8.35. The largest absolute Gasteiger partial charge is 0.332 e. The maximum Gasteiger partial charge on any atom is 0.243 e. The van der Waals surface area contributed by atoms with E-state index in [0.717, 1.165) is 25.7 Å². The second-order valence-corrected chi connectivity index (χ2v) is 9.05. The van der Waals surface area contributed by atoms with Crippen molar-refractivity contribution in [2.75, 3.05) is 18.4 Å². The molecule has 1 aromatic rings. The van der Waals surface area contributed by atoms with Gasteiger partial charge in [0.05, 0.1) is 4.90 Å². The number of sulfonamides is 1. The summed E-state index contributed by atoms with van der Waals surface area (Å²) in [5.41, 5.74) is 0.604. The van der Waals surface area contributed by atoms with Crippen LogP contribution in [-0.2, 0) is 14.8 Å². The summed E-state index contributed by atoms with van der Waals surface area (Å²) in [7, 11) is -3.64. The van der Waals surface area contributed by atoms with Crippen LogP contribution in [0.3, 0.4) is 0 Å². The van der Waals surface area contributed by atoms with Gasteiger partial charge in [-0.15, -0.1) is 13.2 Å². The van der Waals surface area contributed by atoms with Gasteiger partial charge in [-0.25, -0.2) is 8.42 Å². The predicted molar refractivity (Wildman–Crippen MR) is 117 cm³/mol. The Morgan fingerprint density at radius 3 is 2.21 bits per heavy atom. The molecular weight excluding hydrogens is 394 g/mol. The number of thiocarbonyl (C=S) groups is 1. The lowest BCUT2D eigenvalue weighted by molar-refractivity contribution is -0.124. The molecule has 1 amide bonds. The predicted octanol–water partition coefficient (Wildman–Crippen LogP) is 3.44. The number of carbonyl (C=O) groups is 1. The molecule has 0 spiro atoms. The maximum absolute atomic E-state index is 12.7. The monoisotopic (exact) mass is 421 g/mol. The van der Waals surface area contributed by atoms with E-state index in [1.165, 1.54) is 35.0 Å². The van der Waals surface area contributed by atoms with Crippen molar-refractivity contribution in [1.82, 2.24) is 9.62 Å². The summed E-state index contributed by atoms with van der Waals surface area (Å²) < 4.78 is 26.7. The SMILES string of the molecule is C=CCN(CC=C)S(=O)(=O)c1ccc(NC(=S)NC(=O)C2CCCCC2)cc1. The molecular formula is C20H27N3O3S2. The first-order valence-electron chi connectivity index (χ1n) is 9.32. The first kappa shape index (κ1) is 22.3. The van der Waals surface area contributed by atoms with Gasteiger partial charge >= 0.3 is 0 Å². The summed E-state index contributed by atoms with van der Waals surface area (Å²) in [6.07, 6.45) is 8.18. The van der Waals surface area contributed by atoms with Crippen molar-refractivity contribution in [3.05, 3.63) is 49.6 Å². The minimum Gasteiger partial charge on any atom is -0.332 e. The standard InChI is InChI=1S/C20H27N3O3S2/c1-3-14-23(15-4-2)28(25,26)18-12-10-17(11-13-18)21-20(27)22-19(24)16-8-6-5-7-9-16/h3-4,10-13,16H,1-2,5-9,14-15H2,(H2,21,22,24,27). The van der Waals surface area contributed by atoms with Crippen LogP contribution in [0.15, 0.2) is 54.5 Å². The highest BCUT2D eigenvalue weighted by atomic mass is 32.2. The molecule has 1 aromatic carbocycles. The highest BCUT2D eigenvalue weighted by Gasteiger charge is 2.23. The average Bonchev–Trinajstić information content (AvgIpc) is 2.68. The van der Waals surface area contributed by atoms with Gasteiger partial charge in [-0.2, -0.15) is 4.31 Å². The molecule has 0 radical (unpaired) electrons. The third kappa shape index (κ3) is 5.98. The summed E-state index contributed by atoms with van der Waals surface area (Å²) in [5.74, 6) is -0.0392. The number of amides is 1. The van der Waals surface area contributed by atoms with Crippen LogP contribution in [0.2, 0.25) is 0 Å². The Bertz CT molecular complexity index is 804. The summed E-state index contributed by atoms with van der Waals surface area (Å²) in [6.45, 7) is 7.59. The van der Waals surface area contributed by atoms with Gasteiger partial charge in [0, 0.05) is 24.7 Å². The van der Waals surface area contributed by atoms with Gasteiger partial charge in [0.15, 0.2) is 5.11 Å². The Hall–Kier alpha value is -2.03. The van der Waals surface area contributed by atoms with Crippen LogP contribution in [-0.4, -0.2) is 36.8 Å². The quantitative estimate of drug-likeness (QED) is 0.497. The minimum atomic E-state index is -3.64. The Morgan fingerprint density at radius 2 is 1.68 bits per heavy atom. The smallest absolute Gasteiger partial charge is 0.243 e. The third-order valence-electron chi connectivity index (χ3n) is 4.63. The molecule has 1 fully saturated rings. The fourth-order valence-corrected chi connectivity index (χ4v) is 4.76. The Morgan fingerprint density at radius 1 is 1.11 bits per heavy atom. The van der Waals surface area contributed by atoms with Crippen LogP contribution < -0.4 is 10.6 Å². The molecule has 0 unspecified atom stereocenters. The van der Waals surface area contributed by atoms with Gasteiger partial charge in [-0.05, 0) is 49.3 Å². The minimum absolute atomic E-state index is 0.0155. The van der Waals surface area contributed by atoms with Crippen molar-refractivity contribution in [3.63, 3.8) is 0 Å². The molecule has 1 aliphatic carbocycles. The van der Waals surface area contributed by atoms with Crippen LogP contribution in [0.5, 0.6) is 0 Å². The molecule has 8 heteroatoms. The van der Waals surface area contributed by atoms with Crippen molar-refractivity contribution < 1.29 is 13.2 Å². The van der Waals surface area contributed by atoms with Crippen LogP contribution >= 0.6 is 12.2 Å². The topological polar surface area (TPSA) is 78.5 Å². The van der Waals surface area contributed by atoms with E-state index in [9.17, 15) is 13.2 Å². The molecule has 0 atom stereocenters. The van der Waals surface area contributed by atoms with E-state index >= 15 is 0 Å². The molecule has 0 bridgehead atoms. The maximum atomic E-state index is 12.7. The average molecular weight is 422 g/mol. The molecule has 0 saturated heterocycles. The first-order chi connectivity index (χ1) is 13.4. The van der Waals surface area contributed by atoms with Crippen LogP contribution in [0, 0.1) is 5.92 Å². The fraction of sp³-hybridized carbons (Fsp3) is 0.400. The van der Waals surface area contributed by atoms with E-state index in [-0.39, 0.29) is 34.9 Å². The molecule has 6 nitrogen and oxygen atoms in total. The van der Waals surface area contributed by atoms with Crippen molar-refractivity contribution in [1.29, 1.82) is 0 Å². The summed E-state index contributed by atoms with van der Waals surface area (Å²) >= 11 is 5.21. The Labute approximate surface area is 172 Å². The van der Waals surface area contributed by atoms with Crippen molar-refractivity contribution in [3.8, 4) is 0 Å². The van der Waals surface area contributed by atoms with E-state index in [2.05, 4.69) is 23.8 Å². The first-order valence-corrected chi connectivity index (χ1v) is 11.2. The zero-order chi connectivity index (χ0) is 20.6. The molecule has 28 heavy (non-hydrogen) atoms. The summed E-state index contributed by atoms with van der Waals surface area (Å²) in [4.78, 5) is 12.4. The fourth-order valence-electron chi connectivity index (χ4n) is 3.16.